The third-order valence-electron chi connectivity index (χ3n) is 9.26. The van der Waals surface area contributed by atoms with Crippen molar-refractivity contribution >= 4 is 17.8 Å². The first-order chi connectivity index (χ1) is 18.8. The van der Waals surface area contributed by atoms with Crippen LogP contribution in [0.15, 0.2) is 25.3 Å². The first-order valence-electron chi connectivity index (χ1n) is 15.1. The van der Waals surface area contributed by atoms with E-state index in [1.54, 1.807) is 11.0 Å². The second-order valence-electron chi connectivity index (χ2n) is 12.3. The fourth-order valence-electron chi connectivity index (χ4n) is 7.62. The van der Waals surface area contributed by atoms with Gasteiger partial charge in [0.15, 0.2) is 0 Å². The van der Waals surface area contributed by atoms with Crippen molar-refractivity contribution < 1.29 is 29.0 Å². The van der Waals surface area contributed by atoms with Crippen LogP contribution in [0.2, 0.25) is 0 Å². The fourth-order valence-corrected chi connectivity index (χ4v) is 7.62. The molecule has 6 atom stereocenters. The molecule has 2 amide bonds. The van der Waals surface area contributed by atoms with E-state index in [-0.39, 0.29) is 37.0 Å². The number of unbranched alkanes of at least 4 members (excludes halogenated alkanes) is 2. The molecular formula is C31H48N2O6. The number of ether oxygens (including phenoxy) is 2. The Bertz CT molecular complexity index is 915. The highest BCUT2D eigenvalue weighted by Crippen LogP contribution is 2.59. The van der Waals surface area contributed by atoms with Gasteiger partial charge >= 0.3 is 5.97 Å². The predicted molar refractivity (Wildman–Crippen MR) is 149 cm³/mol. The minimum Gasteiger partial charge on any atom is -0.465 e. The fraction of sp³-hybridized carbons (Fsp3) is 0.774. The van der Waals surface area contributed by atoms with Crippen LogP contribution in [0.3, 0.4) is 0 Å². The molecule has 0 aromatic carbocycles. The van der Waals surface area contributed by atoms with Crippen LogP contribution >= 0.6 is 0 Å². The van der Waals surface area contributed by atoms with Crippen molar-refractivity contribution in [2.75, 3.05) is 19.8 Å². The molecule has 218 valence electrons. The monoisotopic (exact) mass is 544 g/mol. The van der Waals surface area contributed by atoms with Crippen LogP contribution in [0.4, 0.5) is 0 Å². The number of hydrogen-bond acceptors (Lipinski definition) is 6. The Morgan fingerprint density at radius 3 is 2.56 bits per heavy atom. The van der Waals surface area contributed by atoms with Crippen molar-refractivity contribution in [3.8, 4) is 0 Å². The number of hydrogen-bond donors (Lipinski definition) is 1. The number of nitrogens with zero attached hydrogens (tertiary/aromatic N) is 2. The highest BCUT2D eigenvalue weighted by Gasteiger charge is 2.75. The summed E-state index contributed by atoms with van der Waals surface area (Å²) in [5.74, 6) is -2.10. The van der Waals surface area contributed by atoms with Gasteiger partial charge in [-0.25, -0.2) is 0 Å². The largest absolute Gasteiger partial charge is 0.465 e. The minimum atomic E-state index is -1.08. The first kappa shape index (κ1) is 29.8. The van der Waals surface area contributed by atoms with Crippen molar-refractivity contribution in [1.29, 1.82) is 0 Å². The molecule has 1 saturated carbocycles. The molecule has 2 unspecified atom stereocenters. The zero-order chi connectivity index (χ0) is 28.2. The predicted octanol–water partition coefficient (Wildman–Crippen LogP) is 4.01. The molecule has 0 aromatic rings. The minimum absolute atomic E-state index is 0.0873. The van der Waals surface area contributed by atoms with E-state index >= 15 is 0 Å². The Morgan fingerprint density at radius 2 is 1.92 bits per heavy atom. The average Bonchev–Trinajstić information content (AvgIpc) is 3.57. The van der Waals surface area contributed by atoms with Gasteiger partial charge in [0, 0.05) is 12.6 Å². The number of amides is 2. The Hall–Kier alpha value is -2.19. The van der Waals surface area contributed by atoms with Crippen molar-refractivity contribution in [3.05, 3.63) is 25.3 Å². The molecule has 1 aliphatic carbocycles. The summed E-state index contributed by atoms with van der Waals surface area (Å²) in [6.07, 6.45) is 12.5. The number of carbonyl (C=O) groups is 3. The van der Waals surface area contributed by atoms with Gasteiger partial charge in [-0.05, 0) is 57.3 Å². The zero-order valence-electron chi connectivity index (χ0n) is 23.9. The van der Waals surface area contributed by atoms with Crippen molar-refractivity contribution in [2.45, 2.75) is 114 Å². The second kappa shape index (κ2) is 13.0. The van der Waals surface area contributed by atoms with E-state index in [0.717, 1.165) is 51.4 Å². The second-order valence-corrected chi connectivity index (χ2v) is 12.3. The number of allylic oxidation sites excluding steroid dienone is 1. The summed E-state index contributed by atoms with van der Waals surface area (Å²) >= 11 is 0. The Morgan fingerprint density at radius 1 is 1.18 bits per heavy atom. The molecule has 3 aliphatic heterocycles. The number of esters is 1. The van der Waals surface area contributed by atoms with Crippen molar-refractivity contribution in [3.63, 3.8) is 0 Å². The lowest BCUT2D eigenvalue weighted by atomic mass is 9.70. The van der Waals surface area contributed by atoms with Crippen LogP contribution in [0.25, 0.3) is 0 Å². The topological polar surface area (TPSA) is 96.4 Å². The van der Waals surface area contributed by atoms with Gasteiger partial charge in [0.1, 0.15) is 11.6 Å². The van der Waals surface area contributed by atoms with Crippen LogP contribution in [-0.2, 0) is 23.9 Å². The number of carbonyl (C=O) groups excluding carboxylic acids is 3. The third-order valence-corrected chi connectivity index (χ3v) is 9.26. The van der Waals surface area contributed by atoms with E-state index < -0.39 is 41.6 Å². The summed E-state index contributed by atoms with van der Waals surface area (Å²) in [6.45, 7) is 12.2. The number of rotatable bonds is 14. The molecule has 3 heterocycles. The number of likely N-dealkylation sites (tertiary alicyclic amines) is 1. The Kier molecular flexibility index (Phi) is 9.92. The molecule has 0 radical (unpaired) electrons. The molecule has 3 saturated heterocycles. The van der Waals surface area contributed by atoms with E-state index in [0.29, 0.717) is 25.8 Å². The van der Waals surface area contributed by atoms with Crippen LogP contribution in [0.1, 0.15) is 84.5 Å². The first-order valence-corrected chi connectivity index (χ1v) is 15.1. The van der Waals surface area contributed by atoms with Gasteiger partial charge in [0.25, 0.3) is 0 Å². The molecule has 4 rings (SSSR count). The molecule has 0 aromatic heterocycles. The van der Waals surface area contributed by atoms with Gasteiger partial charge in [-0.2, -0.15) is 0 Å². The lowest BCUT2D eigenvalue weighted by Crippen LogP contribution is -2.60. The summed E-state index contributed by atoms with van der Waals surface area (Å²) in [6, 6.07) is -1.31. The van der Waals surface area contributed by atoms with E-state index in [1.165, 1.54) is 0 Å². The number of aliphatic hydroxyl groups is 1. The van der Waals surface area contributed by atoms with Crippen LogP contribution < -0.4 is 0 Å². The summed E-state index contributed by atoms with van der Waals surface area (Å²) < 4.78 is 12.2. The van der Waals surface area contributed by atoms with Crippen LogP contribution in [0.5, 0.6) is 0 Å². The molecule has 2 bridgehead atoms. The van der Waals surface area contributed by atoms with Crippen molar-refractivity contribution in [1.82, 2.24) is 9.80 Å². The van der Waals surface area contributed by atoms with E-state index in [2.05, 4.69) is 13.2 Å². The third kappa shape index (κ3) is 5.69. The molecule has 1 N–H and O–H groups in total. The van der Waals surface area contributed by atoms with E-state index in [9.17, 15) is 19.5 Å². The average molecular weight is 545 g/mol. The van der Waals surface area contributed by atoms with Crippen molar-refractivity contribution in [2.24, 2.45) is 17.8 Å². The highest BCUT2D eigenvalue weighted by atomic mass is 16.6. The lowest BCUT2D eigenvalue weighted by molar-refractivity contribution is -0.157. The van der Waals surface area contributed by atoms with Crippen LogP contribution in [-0.4, -0.2) is 82.3 Å². The number of fused-ring (bicyclic) bond motifs is 1. The van der Waals surface area contributed by atoms with Gasteiger partial charge < -0.3 is 24.4 Å². The summed E-state index contributed by atoms with van der Waals surface area (Å²) in [5, 5.41) is 10.5. The Balaban J connectivity index is 1.67. The Labute approximate surface area is 233 Å². The summed E-state index contributed by atoms with van der Waals surface area (Å²) in [7, 11) is 0. The van der Waals surface area contributed by atoms with Gasteiger partial charge in [0.05, 0.1) is 37.2 Å². The quantitative estimate of drug-likeness (QED) is 0.202. The van der Waals surface area contributed by atoms with E-state index in [4.69, 9.17) is 9.47 Å². The highest BCUT2D eigenvalue weighted by molar-refractivity contribution is 5.98. The number of aliphatic hydroxyl groups excluding tert-OH is 1. The maximum Gasteiger partial charge on any atom is 0.312 e. The van der Waals surface area contributed by atoms with Gasteiger partial charge in [-0.1, -0.05) is 45.3 Å². The molecule has 4 fully saturated rings. The SMILES string of the molecule is C=CCCCCOC(=O)[C@@H]1[C@@H]2CCC3(O2)C(C(=O)N(CC=C)C2CCCCC2)N([C@@H](CO)CC(C)C)C(=O)[C@H]13. The normalized spacial score (nSPS) is 30.9. The summed E-state index contributed by atoms with van der Waals surface area (Å²) in [5.41, 5.74) is -1.08. The standard InChI is InChI=1S/C31H48N2O6/c1-5-7-8-12-18-38-30(37)25-24-15-16-31(39-24)26(25)28(35)33(23(20-34)19-21(3)4)27(31)29(36)32(17-6-2)22-13-10-9-11-14-22/h5-6,21-27,34H,1-2,7-20H2,3-4H3/t23-,24+,25-,26+,27?,31?/m1/s1. The molecule has 8 heteroatoms. The smallest absolute Gasteiger partial charge is 0.312 e. The van der Waals surface area contributed by atoms with E-state index in [1.807, 2.05) is 24.8 Å². The maximum absolute atomic E-state index is 14.6. The molecule has 39 heavy (non-hydrogen) atoms. The molecule has 4 aliphatic rings. The van der Waals surface area contributed by atoms with Gasteiger partial charge in [-0.3, -0.25) is 14.4 Å². The van der Waals surface area contributed by atoms with Gasteiger partial charge in [0.2, 0.25) is 11.8 Å². The van der Waals surface area contributed by atoms with Crippen LogP contribution in [0, 0.1) is 17.8 Å². The molecular weight excluding hydrogens is 496 g/mol. The maximum atomic E-state index is 14.6. The van der Waals surface area contributed by atoms with Gasteiger partial charge in [-0.15, -0.1) is 13.2 Å². The summed E-state index contributed by atoms with van der Waals surface area (Å²) in [4.78, 5) is 45.7. The zero-order valence-corrected chi connectivity index (χ0v) is 23.9. The lowest BCUT2D eigenvalue weighted by Gasteiger charge is -2.42. The molecule has 1 spiro atoms. The molecule has 8 nitrogen and oxygen atoms in total.